The fraction of sp³-hybridized carbons (Fsp3) is 0.350. The van der Waals surface area contributed by atoms with E-state index in [4.69, 9.17) is 0 Å². The fourth-order valence-corrected chi connectivity index (χ4v) is 4.44. The molecule has 7 heteroatoms. The molecule has 5 nitrogen and oxygen atoms in total. The van der Waals surface area contributed by atoms with Crippen LogP contribution in [0.15, 0.2) is 57.9 Å². The lowest BCUT2D eigenvalue weighted by Crippen LogP contribution is -2.33. The number of hydrogen-bond donors (Lipinski definition) is 2. The van der Waals surface area contributed by atoms with E-state index in [-0.39, 0.29) is 34.4 Å². The number of amides is 1. The average Bonchev–Trinajstić information content (AvgIpc) is 2.59. The molecule has 1 atom stereocenters. The van der Waals surface area contributed by atoms with Gasteiger partial charge in [0.25, 0.3) is 5.91 Å². The molecule has 0 saturated heterocycles. The largest absolute Gasteiger partial charge is 0.345 e. The number of halogens is 1. The molecule has 2 rings (SSSR count). The highest BCUT2D eigenvalue weighted by molar-refractivity contribution is 9.10. The molecule has 146 valence electrons. The maximum Gasteiger partial charge on any atom is 0.252 e. The van der Waals surface area contributed by atoms with Crippen LogP contribution in [-0.4, -0.2) is 20.4 Å². The summed E-state index contributed by atoms with van der Waals surface area (Å²) in [6.07, 6.45) is 0. The number of sulfonamides is 1. The third-order valence-corrected chi connectivity index (χ3v) is 6.34. The highest BCUT2D eigenvalue weighted by Crippen LogP contribution is 2.25. The molecule has 0 aliphatic heterocycles. The molecule has 2 N–H and O–H groups in total. The molecule has 0 bridgehead atoms. The van der Waals surface area contributed by atoms with Gasteiger partial charge in [-0.15, -0.1) is 0 Å². The summed E-state index contributed by atoms with van der Waals surface area (Å²) in [5.74, 6) is -0.157. The summed E-state index contributed by atoms with van der Waals surface area (Å²) in [6.45, 7) is 7.55. The molecule has 2 aromatic carbocycles. The van der Waals surface area contributed by atoms with E-state index in [1.165, 1.54) is 12.1 Å². The number of benzene rings is 2. The Kier molecular flexibility index (Phi) is 7.19. The van der Waals surface area contributed by atoms with Crippen molar-refractivity contribution in [2.75, 3.05) is 0 Å². The smallest absolute Gasteiger partial charge is 0.252 e. The summed E-state index contributed by atoms with van der Waals surface area (Å²) in [5.41, 5.74) is 1.28. The molecule has 0 unspecified atom stereocenters. The lowest BCUT2D eigenvalue weighted by Gasteiger charge is -2.23. The van der Waals surface area contributed by atoms with Crippen molar-refractivity contribution in [2.24, 2.45) is 5.92 Å². The summed E-state index contributed by atoms with van der Waals surface area (Å²) >= 11 is 3.36. The Bertz CT molecular complexity index is 897. The van der Waals surface area contributed by atoms with Gasteiger partial charge in [-0.2, -0.15) is 0 Å². The zero-order valence-electron chi connectivity index (χ0n) is 15.9. The molecular weight excluding hydrogens is 428 g/mol. The first-order valence-corrected chi connectivity index (χ1v) is 11.1. The van der Waals surface area contributed by atoms with Gasteiger partial charge in [0.2, 0.25) is 10.0 Å². The summed E-state index contributed by atoms with van der Waals surface area (Å²) in [6, 6.07) is 13.7. The summed E-state index contributed by atoms with van der Waals surface area (Å²) < 4.78 is 27.9. The van der Waals surface area contributed by atoms with Crippen LogP contribution >= 0.6 is 15.9 Å². The molecule has 27 heavy (non-hydrogen) atoms. The van der Waals surface area contributed by atoms with Gasteiger partial charge in [-0.1, -0.05) is 44.2 Å². The van der Waals surface area contributed by atoms with Gasteiger partial charge in [0.05, 0.1) is 16.5 Å². The predicted molar refractivity (Wildman–Crippen MR) is 111 cm³/mol. The normalized spacial score (nSPS) is 13.0. The van der Waals surface area contributed by atoms with E-state index in [1.807, 2.05) is 44.2 Å². The Balaban J connectivity index is 2.34. The number of nitrogens with one attached hydrogen (secondary N) is 2. The van der Waals surface area contributed by atoms with E-state index in [1.54, 1.807) is 19.9 Å². The Morgan fingerprint density at radius 3 is 2.19 bits per heavy atom. The van der Waals surface area contributed by atoms with E-state index >= 15 is 0 Å². The van der Waals surface area contributed by atoms with Crippen LogP contribution in [0.5, 0.6) is 0 Å². The van der Waals surface area contributed by atoms with Gasteiger partial charge < -0.3 is 5.32 Å². The molecule has 0 aromatic heterocycles. The third kappa shape index (κ3) is 5.64. The van der Waals surface area contributed by atoms with Crippen molar-refractivity contribution in [2.45, 2.75) is 44.7 Å². The minimum Gasteiger partial charge on any atom is -0.345 e. The molecule has 0 spiro atoms. The van der Waals surface area contributed by atoms with Crippen molar-refractivity contribution >= 4 is 31.9 Å². The van der Waals surface area contributed by atoms with Crippen LogP contribution in [0.4, 0.5) is 0 Å². The topological polar surface area (TPSA) is 75.3 Å². The summed E-state index contributed by atoms with van der Waals surface area (Å²) in [5, 5.41) is 3.03. The van der Waals surface area contributed by atoms with Crippen LogP contribution in [0.3, 0.4) is 0 Å². The molecule has 0 aliphatic carbocycles. The maximum atomic E-state index is 12.9. The Labute approximate surface area is 169 Å². The van der Waals surface area contributed by atoms with Crippen molar-refractivity contribution in [3.05, 3.63) is 64.1 Å². The first kappa shape index (κ1) is 21.6. The van der Waals surface area contributed by atoms with Crippen LogP contribution in [-0.2, 0) is 10.0 Å². The lowest BCUT2D eigenvalue weighted by atomic mass is 9.95. The second-order valence-electron chi connectivity index (χ2n) is 7.02. The molecule has 0 heterocycles. The van der Waals surface area contributed by atoms with E-state index in [9.17, 15) is 13.2 Å². The zero-order valence-corrected chi connectivity index (χ0v) is 18.3. The van der Waals surface area contributed by atoms with Crippen molar-refractivity contribution in [3.63, 3.8) is 0 Å². The van der Waals surface area contributed by atoms with Crippen molar-refractivity contribution in [1.29, 1.82) is 0 Å². The van der Waals surface area contributed by atoms with E-state index in [2.05, 4.69) is 26.0 Å². The Morgan fingerprint density at radius 2 is 1.63 bits per heavy atom. The van der Waals surface area contributed by atoms with Gasteiger partial charge in [0.1, 0.15) is 0 Å². The molecule has 0 radical (unpaired) electrons. The second kappa shape index (κ2) is 8.99. The van der Waals surface area contributed by atoms with Crippen LogP contribution in [0.1, 0.15) is 49.7 Å². The standard InChI is InChI=1S/C20H25BrN2O3S/c1-13(2)19(15-8-6-5-7-9-15)22-20(24)17-12-16(10-11-18(17)21)27(25,26)23-14(3)4/h5-14,19,23H,1-4H3,(H,22,24)/t19-/m0/s1. The molecular formula is C20H25BrN2O3S. The highest BCUT2D eigenvalue weighted by atomic mass is 79.9. The van der Waals surface area contributed by atoms with Crippen molar-refractivity contribution < 1.29 is 13.2 Å². The van der Waals surface area contributed by atoms with Crippen LogP contribution in [0.25, 0.3) is 0 Å². The number of carbonyl (C=O) groups is 1. The quantitative estimate of drug-likeness (QED) is 0.658. The Morgan fingerprint density at radius 1 is 1.00 bits per heavy atom. The minimum absolute atomic E-state index is 0.0605. The van der Waals surface area contributed by atoms with E-state index in [0.29, 0.717) is 4.47 Å². The minimum atomic E-state index is -3.68. The van der Waals surface area contributed by atoms with Crippen LogP contribution < -0.4 is 10.0 Å². The van der Waals surface area contributed by atoms with Crippen molar-refractivity contribution in [3.8, 4) is 0 Å². The monoisotopic (exact) mass is 452 g/mol. The first-order chi connectivity index (χ1) is 12.6. The maximum absolute atomic E-state index is 12.9. The number of carbonyl (C=O) groups excluding carboxylic acids is 1. The average molecular weight is 453 g/mol. The first-order valence-electron chi connectivity index (χ1n) is 8.79. The van der Waals surface area contributed by atoms with Crippen molar-refractivity contribution in [1.82, 2.24) is 10.0 Å². The van der Waals surface area contributed by atoms with Gasteiger partial charge >= 0.3 is 0 Å². The van der Waals surface area contributed by atoms with Gasteiger partial charge in [0, 0.05) is 10.5 Å². The molecule has 2 aromatic rings. The number of rotatable bonds is 7. The SMILES string of the molecule is CC(C)NS(=O)(=O)c1ccc(Br)c(C(=O)N[C@H](c2ccccc2)C(C)C)c1. The van der Waals surface area contributed by atoms with E-state index in [0.717, 1.165) is 5.56 Å². The second-order valence-corrected chi connectivity index (χ2v) is 9.59. The third-order valence-electron chi connectivity index (χ3n) is 4.00. The lowest BCUT2D eigenvalue weighted by molar-refractivity contribution is 0.0924. The Hall–Kier alpha value is -1.70. The van der Waals surface area contributed by atoms with Gasteiger partial charge in [-0.3, -0.25) is 4.79 Å². The predicted octanol–water partition coefficient (Wildman–Crippen LogP) is 4.26. The summed E-state index contributed by atoms with van der Waals surface area (Å²) in [7, 11) is -3.68. The highest BCUT2D eigenvalue weighted by Gasteiger charge is 2.23. The molecule has 0 fully saturated rings. The van der Waals surface area contributed by atoms with Gasteiger partial charge in [-0.25, -0.2) is 13.1 Å². The van der Waals surface area contributed by atoms with Crippen LogP contribution in [0.2, 0.25) is 0 Å². The summed E-state index contributed by atoms with van der Waals surface area (Å²) in [4.78, 5) is 13.0. The zero-order chi connectivity index (χ0) is 20.2. The number of hydrogen-bond acceptors (Lipinski definition) is 3. The molecule has 0 aliphatic rings. The van der Waals surface area contributed by atoms with Gasteiger partial charge in [0.15, 0.2) is 0 Å². The van der Waals surface area contributed by atoms with Crippen LogP contribution in [0, 0.1) is 5.92 Å². The van der Waals surface area contributed by atoms with E-state index < -0.39 is 10.0 Å². The fourth-order valence-electron chi connectivity index (χ4n) is 2.74. The molecule has 0 saturated carbocycles. The molecule has 1 amide bonds. The van der Waals surface area contributed by atoms with Gasteiger partial charge in [-0.05, 0) is 59.5 Å².